The van der Waals surface area contributed by atoms with Crippen molar-refractivity contribution in [3.05, 3.63) is 0 Å². The maximum Gasteiger partial charge on any atom is 0.344 e. The molecule has 0 aliphatic carbocycles. The zero-order chi connectivity index (χ0) is 11.2. The molecule has 8 heteroatoms. The Labute approximate surface area is 80.7 Å². The molecule has 0 aromatic heterocycles. The van der Waals surface area contributed by atoms with E-state index < -0.39 is 41.0 Å². The molecule has 0 spiro atoms. The molecule has 0 heterocycles. The summed E-state index contributed by atoms with van der Waals surface area (Å²) in [5, 5.41) is 0. The minimum atomic E-state index is -4.14. The zero-order valence-electron chi connectivity index (χ0n) is 7.43. The average Bonchev–Trinajstić information content (AvgIpc) is 1.98. The number of esters is 2. The van der Waals surface area contributed by atoms with Crippen LogP contribution in [0.4, 0.5) is 0 Å². The first-order chi connectivity index (χ1) is 6.31. The van der Waals surface area contributed by atoms with Crippen molar-refractivity contribution in [3.8, 4) is 0 Å². The monoisotopic (exact) mass is 226 g/mol. The van der Waals surface area contributed by atoms with Crippen molar-refractivity contribution in [2.45, 2.75) is 6.92 Å². The first kappa shape index (κ1) is 12.8. The molecule has 0 radical (unpaired) electrons. The molecule has 0 unspecified atom stereocenters. The SMILES string of the molecule is CC(=O)OCC(=O)OCCS(=O)(=O)O. The van der Waals surface area contributed by atoms with Gasteiger partial charge in [0.15, 0.2) is 6.61 Å². The Hall–Kier alpha value is -1.15. The third kappa shape index (κ3) is 8.94. The molecule has 14 heavy (non-hydrogen) atoms. The van der Waals surface area contributed by atoms with E-state index in [0.29, 0.717) is 0 Å². The highest BCUT2D eigenvalue weighted by Gasteiger charge is 2.08. The van der Waals surface area contributed by atoms with Crippen LogP contribution in [-0.2, 0) is 29.2 Å². The Morgan fingerprint density at radius 2 is 1.86 bits per heavy atom. The molecule has 82 valence electrons. The lowest BCUT2D eigenvalue weighted by Gasteiger charge is -2.02. The van der Waals surface area contributed by atoms with E-state index >= 15 is 0 Å². The van der Waals surface area contributed by atoms with E-state index in [4.69, 9.17) is 4.55 Å². The highest BCUT2D eigenvalue weighted by atomic mass is 32.2. The van der Waals surface area contributed by atoms with Crippen molar-refractivity contribution in [1.82, 2.24) is 0 Å². The van der Waals surface area contributed by atoms with Crippen molar-refractivity contribution >= 4 is 22.1 Å². The van der Waals surface area contributed by atoms with Crippen LogP contribution in [0.1, 0.15) is 6.92 Å². The van der Waals surface area contributed by atoms with Crippen LogP contribution in [-0.4, -0.2) is 43.9 Å². The van der Waals surface area contributed by atoms with E-state index in [1.54, 1.807) is 0 Å². The van der Waals surface area contributed by atoms with Crippen LogP contribution in [0, 0.1) is 0 Å². The van der Waals surface area contributed by atoms with Gasteiger partial charge in [-0.15, -0.1) is 0 Å². The number of carbonyl (C=O) groups is 2. The van der Waals surface area contributed by atoms with Gasteiger partial charge in [0, 0.05) is 6.92 Å². The molecule has 0 bridgehead atoms. The van der Waals surface area contributed by atoms with Crippen LogP contribution in [0.3, 0.4) is 0 Å². The largest absolute Gasteiger partial charge is 0.462 e. The van der Waals surface area contributed by atoms with E-state index in [2.05, 4.69) is 9.47 Å². The molecule has 7 nitrogen and oxygen atoms in total. The number of hydrogen-bond donors (Lipinski definition) is 1. The summed E-state index contributed by atoms with van der Waals surface area (Å²) in [6.07, 6.45) is 0. The Morgan fingerprint density at radius 1 is 1.29 bits per heavy atom. The second-order valence-electron chi connectivity index (χ2n) is 2.29. The lowest BCUT2D eigenvalue weighted by Crippen LogP contribution is -2.19. The molecule has 0 aromatic rings. The number of ether oxygens (including phenoxy) is 2. The van der Waals surface area contributed by atoms with Gasteiger partial charge >= 0.3 is 11.9 Å². The van der Waals surface area contributed by atoms with Crippen molar-refractivity contribution in [3.63, 3.8) is 0 Å². The second kappa shape index (κ2) is 5.55. The van der Waals surface area contributed by atoms with Gasteiger partial charge < -0.3 is 9.47 Å². The summed E-state index contributed by atoms with van der Waals surface area (Å²) in [4.78, 5) is 20.9. The highest BCUT2D eigenvalue weighted by Crippen LogP contribution is 1.86. The third-order valence-corrected chi connectivity index (χ3v) is 1.68. The first-order valence-corrected chi connectivity index (χ1v) is 5.16. The van der Waals surface area contributed by atoms with E-state index in [0.717, 1.165) is 6.92 Å². The molecule has 0 aromatic carbocycles. The van der Waals surface area contributed by atoms with Crippen molar-refractivity contribution in [2.24, 2.45) is 0 Å². The number of rotatable bonds is 5. The van der Waals surface area contributed by atoms with Crippen molar-refractivity contribution in [2.75, 3.05) is 19.0 Å². The Morgan fingerprint density at radius 3 is 2.29 bits per heavy atom. The zero-order valence-corrected chi connectivity index (χ0v) is 8.24. The summed E-state index contributed by atoms with van der Waals surface area (Å²) in [7, 11) is -4.14. The molecule has 0 aliphatic heterocycles. The van der Waals surface area contributed by atoms with Gasteiger partial charge in [0.2, 0.25) is 0 Å². The van der Waals surface area contributed by atoms with Crippen molar-refractivity contribution < 1.29 is 32.0 Å². The van der Waals surface area contributed by atoms with E-state index in [-0.39, 0.29) is 0 Å². The van der Waals surface area contributed by atoms with Crippen LogP contribution in [0.15, 0.2) is 0 Å². The molecule has 0 fully saturated rings. The number of carbonyl (C=O) groups excluding carboxylic acids is 2. The van der Waals surface area contributed by atoms with Gasteiger partial charge in [-0.1, -0.05) is 0 Å². The van der Waals surface area contributed by atoms with E-state index in [1.165, 1.54) is 0 Å². The molecular weight excluding hydrogens is 216 g/mol. The molecule has 0 amide bonds. The summed E-state index contributed by atoms with van der Waals surface area (Å²) >= 11 is 0. The quantitative estimate of drug-likeness (QED) is 0.472. The predicted octanol–water partition coefficient (Wildman–Crippen LogP) is -1.02. The normalized spacial score (nSPS) is 10.7. The molecule has 0 saturated heterocycles. The fourth-order valence-electron chi connectivity index (χ4n) is 0.463. The Balaban J connectivity index is 3.60. The van der Waals surface area contributed by atoms with Crippen LogP contribution < -0.4 is 0 Å². The molecule has 0 rings (SSSR count). The van der Waals surface area contributed by atoms with Gasteiger partial charge in [-0.3, -0.25) is 9.35 Å². The minimum absolute atomic E-state index is 0.473. The maximum absolute atomic E-state index is 10.7. The van der Waals surface area contributed by atoms with Gasteiger partial charge in [0.25, 0.3) is 10.1 Å². The molecule has 0 aliphatic rings. The van der Waals surface area contributed by atoms with Crippen LogP contribution in [0.2, 0.25) is 0 Å². The molecule has 0 atom stereocenters. The van der Waals surface area contributed by atoms with Gasteiger partial charge in [0.1, 0.15) is 12.4 Å². The van der Waals surface area contributed by atoms with Gasteiger partial charge in [0.05, 0.1) is 0 Å². The fraction of sp³-hybridized carbons (Fsp3) is 0.667. The minimum Gasteiger partial charge on any atom is -0.462 e. The lowest BCUT2D eigenvalue weighted by molar-refractivity contribution is -0.157. The summed E-state index contributed by atoms with van der Waals surface area (Å²) in [6, 6.07) is 0. The first-order valence-electron chi connectivity index (χ1n) is 3.55. The van der Waals surface area contributed by atoms with Gasteiger partial charge in [-0.05, 0) is 0 Å². The smallest absolute Gasteiger partial charge is 0.344 e. The summed E-state index contributed by atoms with van der Waals surface area (Å²) in [5.41, 5.74) is 0. The van der Waals surface area contributed by atoms with Gasteiger partial charge in [-0.25, -0.2) is 4.79 Å². The number of hydrogen-bond acceptors (Lipinski definition) is 6. The Bertz CT molecular complexity index is 304. The molecular formula is C6H10O7S. The summed E-state index contributed by atoms with van der Waals surface area (Å²) in [5.74, 6) is -2.20. The van der Waals surface area contributed by atoms with Crippen molar-refractivity contribution in [1.29, 1.82) is 0 Å². The Kier molecular flexibility index (Phi) is 5.10. The predicted molar refractivity (Wildman–Crippen MR) is 44.0 cm³/mol. The summed E-state index contributed by atoms with van der Waals surface area (Å²) in [6.45, 7) is 0.0746. The topological polar surface area (TPSA) is 107 Å². The summed E-state index contributed by atoms with van der Waals surface area (Å²) < 4.78 is 37.1. The van der Waals surface area contributed by atoms with E-state index in [1.807, 2.05) is 0 Å². The van der Waals surface area contributed by atoms with Gasteiger partial charge in [-0.2, -0.15) is 8.42 Å². The van der Waals surface area contributed by atoms with Crippen LogP contribution in [0.5, 0.6) is 0 Å². The standard InChI is InChI=1S/C6H10O7S/c1-5(7)13-4-6(8)12-2-3-14(9,10)11/h2-4H2,1H3,(H,9,10,11). The molecule has 0 saturated carbocycles. The maximum atomic E-state index is 10.7. The fourth-order valence-corrected chi connectivity index (χ4v) is 0.757. The van der Waals surface area contributed by atoms with Crippen LogP contribution in [0.25, 0.3) is 0 Å². The highest BCUT2D eigenvalue weighted by molar-refractivity contribution is 7.85. The average molecular weight is 226 g/mol. The second-order valence-corrected chi connectivity index (χ2v) is 3.86. The van der Waals surface area contributed by atoms with Crippen LogP contribution >= 0.6 is 0 Å². The molecule has 1 N–H and O–H groups in total. The van der Waals surface area contributed by atoms with E-state index in [9.17, 15) is 18.0 Å². The lowest BCUT2D eigenvalue weighted by atomic mass is 10.7. The third-order valence-electron chi connectivity index (χ3n) is 0.998.